The fourth-order valence-electron chi connectivity index (χ4n) is 2.35. The van der Waals surface area contributed by atoms with Gasteiger partial charge in [-0.15, -0.1) is 0 Å². The molecule has 0 amide bonds. The van der Waals surface area contributed by atoms with Crippen LogP contribution in [0.25, 0.3) is 0 Å². The first-order valence-corrected chi connectivity index (χ1v) is 7.42. The molecular formula is C14H16N4OS. The monoisotopic (exact) mass is 288 g/mol. The number of fused-ring (bicyclic) bond motifs is 1. The second kappa shape index (κ2) is 4.94. The van der Waals surface area contributed by atoms with E-state index in [1.807, 2.05) is 43.8 Å². The van der Waals surface area contributed by atoms with Gasteiger partial charge in [-0.25, -0.2) is 4.99 Å². The van der Waals surface area contributed by atoms with Gasteiger partial charge in [0.2, 0.25) is 0 Å². The van der Waals surface area contributed by atoms with Gasteiger partial charge in [0.15, 0.2) is 5.82 Å². The van der Waals surface area contributed by atoms with Gasteiger partial charge in [0.25, 0.3) is 5.56 Å². The van der Waals surface area contributed by atoms with Crippen LogP contribution in [0.1, 0.15) is 43.2 Å². The Morgan fingerprint density at radius 3 is 2.90 bits per heavy atom. The van der Waals surface area contributed by atoms with Crippen LogP contribution in [0.4, 0.5) is 5.82 Å². The quantitative estimate of drug-likeness (QED) is 0.923. The van der Waals surface area contributed by atoms with E-state index in [-0.39, 0.29) is 16.9 Å². The van der Waals surface area contributed by atoms with Crippen molar-refractivity contribution in [3.05, 3.63) is 46.0 Å². The first kappa shape index (κ1) is 13.2. The van der Waals surface area contributed by atoms with Gasteiger partial charge in [0.05, 0.1) is 15.9 Å². The average molecular weight is 288 g/mol. The molecule has 0 saturated carbocycles. The minimum absolute atomic E-state index is 0.0417. The number of rotatable bonds is 2. The SMILES string of the molecule is CC1=Nc2c(c(=O)[nH]n2C(C)C)[C@@H](c2cccnc2)S1. The molecule has 0 bridgehead atoms. The zero-order valence-corrected chi connectivity index (χ0v) is 12.4. The van der Waals surface area contributed by atoms with E-state index in [1.165, 1.54) is 0 Å². The molecule has 1 atom stereocenters. The van der Waals surface area contributed by atoms with Crippen LogP contribution in [0.3, 0.4) is 0 Å². The van der Waals surface area contributed by atoms with Crippen molar-refractivity contribution < 1.29 is 0 Å². The topological polar surface area (TPSA) is 63.0 Å². The Bertz CT molecular complexity index is 715. The summed E-state index contributed by atoms with van der Waals surface area (Å²) in [5.74, 6) is 0.745. The Morgan fingerprint density at radius 1 is 1.45 bits per heavy atom. The van der Waals surface area contributed by atoms with Crippen molar-refractivity contribution in [1.82, 2.24) is 14.8 Å². The molecule has 2 aromatic heterocycles. The number of aromatic amines is 1. The first-order chi connectivity index (χ1) is 9.58. The summed E-state index contributed by atoms with van der Waals surface area (Å²) in [6.07, 6.45) is 3.55. The number of nitrogens with zero attached hydrogens (tertiary/aromatic N) is 3. The lowest BCUT2D eigenvalue weighted by Gasteiger charge is -2.21. The summed E-state index contributed by atoms with van der Waals surface area (Å²) in [7, 11) is 0. The number of thioether (sulfide) groups is 1. The number of pyridine rings is 1. The van der Waals surface area contributed by atoms with Crippen LogP contribution < -0.4 is 5.56 Å². The van der Waals surface area contributed by atoms with E-state index < -0.39 is 0 Å². The van der Waals surface area contributed by atoms with Gasteiger partial charge in [0, 0.05) is 18.4 Å². The van der Waals surface area contributed by atoms with Gasteiger partial charge < -0.3 is 0 Å². The Kier molecular flexibility index (Phi) is 3.25. The fourth-order valence-corrected chi connectivity index (χ4v) is 3.43. The second-order valence-corrected chi connectivity index (χ2v) is 6.35. The molecule has 5 nitrogen and oxygen atoms in total. The lowest BCUT2D eigenvalue weighted by molar-refractivity contribution is 0.533. The van der Waals surface area contributed by atoms with Gasteiger partial charge in [-0.1, -0.05) is 17.8 Å². The lowest BCUT2D eigenvalue weighted by atomic mass is 10.1. The maximum Gasteiger partial charge on any atom is 0.271 e. The standard InChI is InChI=1S/C14H16N4OS/c1-8(2)18-13-11(14(19)17-18)12(20-9(3)16-13)10-5-4-6-15-7-10/h4-8,12H,1-3H3,(H,17,19)/t12-/m1/s1. The molecule has 0 saturated heterocycles. The van der Waals surface area contributed by atoms with Gasteiger partial charge >= 0.3 is 0 Å². The first-order valence-electron chi connectivity index (χ1n) is 6.54. The molecule has 0 aromatic carbocycles. The maximum atomic E-state index is 12.3. The van der Waals surface area contributed by atoms with E-state index in [0.717, 1.165) is 22.0 Å². The Hall–Kier alpha value is -1.82. The molecule has 104 valence electrons. The van der Waals surface area contributed by atoms with Crippen molar-refractivity contribution in [2.45, 2.75) is 32.1 Å². The summed E-state index contributed by atoms with van der Waals surface area (Å²) in [4.78, 5) is 21.0. The van der Waals surface area contributed by atoms with Gasteiger partial charge in [-0.05, 0) is 32.4 Å². The Balaban J connectivity index is 2.20. The smallest absolute Gasteiger partial charge is 0.268 e. The average Bonchev–Trinajstić information content (AvgIpc) is 2.76. The minimum Gasteiger partial charge on any atom is -0.268 e. The number of hydrogen-bond donors (Lipinski definition) is 1. The van der Waals surface area contributed by atoms with Crippen molar-refractivity contribution in [3.8, 4) is 0 Å². The van der Waals surface area contributed by atoms with Crippen LogP contribution in [-0.4, -0.2) is 19.8 Å². The largest absolute Gasteiger partial charge is 0.271 e. The zero-order chi connectivity index (χ0) is 14.3. The van der Waals surface area contributed by atoms with Crippen LogP contribution in [0.2, 0.25) is 0 Å². The molecule has 0 radical (unpaired) electrons. The number of H-pyrrole nitrogens is 1. The zero-order valence-electron chi connectivity index (χ0n) is 11.6. The van der Waals surface area contributed by atoms with Crippen molar-refractivity contribution in [1.29, 1.82) is 0 Å². The summed E-state index contributed by atoms with van der Waals surface area (Å²) in [6.45, 7) is 6.03. The maximum absolute atomic E-state index is 12.3. The van der Waals surface area contributed by atoms with Crippen LogP contribution in [0.5, 0.6) is 0 Å². The molecular weight excluding hydrogens is 272 g/mol. The van der Waals surface area contributed by atoms with Crippen LogP contribution in [0.15, 0.2) is 34.3 Å². The van der Waals surface area contributed by atoms with Crippen molar-refractivity contribution in [2.75, 3.05) is 0 Å². The van der Waals surface area contributed by atoms with E-state index in [9.17, 15) is 4.79 Å². The highest BCUT2D eigenvalue weighted by Crippen LogP contribution is 2.43. The van der Waals surface area contributed by atoms with E-state index in [0.29, 0.717) is 0 Å². The molecule has 0 fully saturated rings. The molecule has 1 aliphatic heterocycles. The summed E-state index contributed by atoms with van der Waals surface area (Å²) in [6, 6.07) is 4.06. The lowest BCUT2D eigenvalue weighted by Crippen LogP contribution is -2.13. The van der Waals surface area contributed by atoms with Gasteiger partial charge in [0.1, 0.15) is 0 Å². The molecule has 6 heteroatoms. The molecule has 3 heterocycles. The van der Waals surface area contributed by atoms with Crippen LogP contribution >= 0.6 is 11.8 Å². The predicted molar refractivity (Wildman–Crippen MR) is 81.9 cm³/mol. The van der Waals surface area contributed by atoms with Crippen LogP contribution in [-0.2, 0) is 0 Å². The third-order valence-corrected chi connectivity index (χ3v) is 4.43. The molecule has 2 aromatic rings. The van der Waals surface area contributed by atoms with Crippen LogP contribution in [0, 0.1) is 0 Å². The third-order valence-electron chi connectivity index (χ3n) is 3.25. The molecule has 1 N–H and O–H groups in total. The number of hydrogen-bond acceptors (Lipinski definition) is 4. The Labute approximate surface area is 121 Å². The Morgan fingerprint density at radius 2 is 2.25 bits per heavy atom. The summed E-state index contributed by atoms with van der Waals surface area (Å²) in [5, 5.41) is 3.81. The van der Waals surface area contributed by atoms with E-state index in [1.54, 1.807) is 18.0 Å². The highest BCUT2D eigenvalue weighted by molar-refractivity contribution is 8.14. The fraction of sp³-hybridized carbons (Fsp3) is 0.357. The molecule has 1 aliphatic rings. The summed E-state index contributed by atoms with van der Waals surface area (Å²) >= 11 is 1.60. The minimum atomic E-state index is -0.0636. The molecule has 20 heavy (non-hydrogen) atoms. The number of nitrogens with one attached hydrogen (secondary N) is 1. The van der Waals surface area contributed by atoms with E-state index in [2.05, 4.69) is 15.1 Å². The molecule has 3 rings (SSSR count). The molecule has 0 unspecified atom stereocenters. The van der Waals surface area contributed by atoms with E-state index in [4.69, 9.17) is 0 Å². The number of aromatic nitrogens is 3. The second-order valence-electron chi connectivity index (χ2n) is 5.06. The van der Waals surface area contributed by atoms with Crippen molar-refractivity contribution in [2.24, 2.45) is 4.99 Å². The van der Waals surface area contributed by atoms with Gasteiger partial charge in [-0.2, -0.15) is 0 Å². The molecule has 0 spiro atoms. The van der Waals surface area contributed by atoms with Crippen molar-refractivity contribution >= 4 is 22.6 Å². The third kappa shape index (κ3) is 2.10. The molecule has 0 aliphatic carbocycles. The highest BCUT2D eigenvalue weighted by Gasteiger charge is 2.30. The van der Waals surface area contributed by atoms with Crippen molar-refractivity contribution in [3.63, 3.8) is 0 Å². The number of aliphatic imine (C=N–C) groups is 1. The highest BCUT2D eigenvalue weighted by atomic mass is 32.2. The normalized spacial score (nSPS) is 18.0. The summed E-state index contributed by atoms with van der Waals surface area (Å²) < 4.78 is 1.84. The van der Waals surface area contributed by atoms with Gasteiger partial charge in [-0.3, -0.25) is 19.6 Å². The van der Waals surface area contributed by atoms with E-state index >= 15 is 0 Å². The summed E-state index contributed by atoms with van der Waals surface area (Å²) in [5.41, 5.74) is 1.69. The predicted octanol–water partition coefficient (Wildman–Crippen LogP) is 3.04.